The molecule has 0 aliphatic heterocycles. The molecule has 1 N–H and O–H groups in total. The molecule has 0 amide bonds. The van der Waals surface area contributed by atoms with Gasteiger partial charge >= 0.3 is 0 Å². The van der Waals surface area contributed by atoms with Crippen molar-refractivity contribution in [3.8, 4) is 0 Å². The van der Waals surface area contributed by atoms with E-state index in [9.17, 15) is 0 Å². The molecule has 0 saturated heterocycles. The van der Waals surface area contributed by atoms with Crippen LogP contribution in [0.1, 0.15) is 30.3 Å². The fraction of sp³-hybridized carbons (Fsp3) is 0.333. The first-order valence-electron chi connectivity index (χ1n) is 5.43. The summed E-state index contributed by atoms with van der Waals surface area (Å²) in [6.07, 6.45) is 0. The van der Waals surface area contributed by atoms with Gasteiger partial charge in [-0.15, -0.1) is 10.2 Å². The van der Waals surface area contributed by atoms with Crippen LogP contribution in [0.4, 0.5) is 0 Å². The molecule has 1 unspecified atom stereocenters. The Morgan fingerprint density at radius 3 is 2.88 bits per heavy atom. The minimum Gasteiger partial charge on any atom is -0.424 e. The lowest BCUT2D eigenvalue weighted by Crippen LogP contribution is -2.18. The quantitative estimate of drug-likeness (QED) is 0.942. The second-order valence-electron chi connectivity index (χ2n) is 3.87. The topological polar surface area (TPSA) is 51.0 Å². The Kier molecular flexibility index (Phi) is 3.91. The van der Waals surface area contributed by atoms with Gasteiger partial charge in [0.1, 0.15) is 0 Å². The second kappa shape index (κ2) is 5.42. The Balaban J connectivity index is 1.95. The molecule has 17 heavy (non-hydrogen) atoms. The number of hydrogen-bond donors (Lipinski definition) is 1. The van der Waals surface area contributed by atoms with Crippen LogP contribution in [-0.2, 0) is 6.54 Å². The van der Waals surface area contributed by atoms with E-state index in [1.54, 1.807) is 6.92 Å². The SMILES string of the molecule is Cc1nnc(CNC(C)c2cccc(Br)c2)o1. The summed E-state index contributed by atoms with van der Waals surface area (Å²) in [5.41, 5.74) is 1.22. The van der Waals surface area contributed by atoms with Crippen LogP contribution in [0, 0.1) is 6.92 Å². The largest absolute Gasteiger partial charge is 0.424 e. The number of benzene rings is 1. The van der Waals surface area contributed by atoms with Gasteiger partial charge in [-0.3, -0.25) is 0 Å². The maximum absolute atomic E-state index is 5.30. The highest BCUT2D eigenvalue weighted by Gasteiger charge is 2.07. The van der Waals surface area contributed by atoms with Crippen LogP contribution in [-0.4, -0.2) is 10.2 Å². The third kappa shape index (κ3) is 3.38. The molecule has 2 aromatic rings. The third-order valence-electron chi connectivity index (χ3n) is 2.48. The maximum Gasteiger partial charge on any atom is 0.230 e. The zero-order valence-electron chi connectivity index (χ0n) is 9.77. The normalized spacial score (nSPS) is 12.6. The van der Waals surface area contributed by atoms with E-state index in [-0.39, 0.29) is 6.04 Å². The maximum atomic E-state index is 5.30. The molecule has 0 bridgehead atoms. The van der Waals surface area contributed by atoms with Crippen molar-refractivity contribution in [1.29, 1.82) is 0 Å². The lowest BCUT2D eigenvalue weighted by molar-refractivity contribution is 0.430. The molecule has 0 spiro atoms. The summed E-state index contributed by atoms with van der Waals surface area (Å²) >= 11 is 3.46. The highest BCUT2D eigenvalue weighted by atomic mass is 79.9. The van der Waals surface area contributed by atoms with Crippen molar-refractivity contribution in [3.05, 3.63) is 46.1 Å². The van der Waals surface area contributed by atoms with E-state index in [1.165, 1.54) is 5.56 Å². The molecule has 1 aromatic heterocycles. The molecule has 2 rings (SSSR count). The molecular formula is C12H14BrN3O. The van der Waals surface area contributed by atoms with Crippen LogP contribution in [0.3, 0.4) is 0 Å². The van der Waals surface area contributed by atoms with Crippen molar-refractivity contribution in [1.82, 2.24) is 15.5 Å². The number of aryl methyl sites for hydroxylation is 1. The molecular weight excluding hydrogens is 282 g/mol. The van der Waals surface area contributed by atoms with E-state index in [4.69, 9.17) is 4.42 Å². The van der Waals surface area contributed by atoms with E-state index in [2.05, 4.69) is 50.5 Å². The van der Waals surface area contributed by atoms with E-state index < -0.39 is 0 Å². The number of rotatable bonds is 4. The molecule has 0 saturated carbocycles. The van der Waals surface area contributed by atoms with Crippen LogP contribution in [0.25, 0.3) is 0 Å². The molecule has 5 heteroatoms. The van der Waals surface area contributed by atoms with Gasteiger partial charge in [0.2, 0.25) is 11.8 Å². The van der Waals surface area contributed by atoms with Gasteiger partial charge in [-0.1, -0.05) is 28.1 Å². The lowest BCUT2D eigenvalue weighted by atomic mass is 10.1. The molecule has 1 atom stereocenters. The highest BCUT2D eigenvalue weighted by molar-refractivity contribution is 9.10. The zero-order valence-corrected chi connectivity index (χ0v) is 11.4. The first-order chi connectivity index (χ1) is 8.15. The van der Waals surface area contributed by atoms with Gasteiger partial charge in [0.25, 0.3) is 0 Å². The number of nitrogens with one attached hydrogen (secondary N) is 1. The van der Waals surface area contributed by atoms with Gasteiger partial charge in [-0.2, -0.15) is 0 Å². The first-order valence-corrected chi connectivity index (χ1v) is 6.22. The van der Waals surface area contributed by atoms with E-state index in [0.29, 0.717) is 18.3 Å². The van der Waals surface area contributed by atoms with Crippen LogP contribution < -0.4 is 5.32 Å². The predicted molar refractivity (Wildman–Crippen MR) is 68.4 cm³/mol. The molecule has 0 aliphatic carbocycles. The fourth-order valence-corrected chi connectivity index (χ4v) is 1.96. The molecule has 0 fully saturated rings. The average molecular weight is 296 g/mol. The zero-order chi connectivity index (χ0) is 12.3. The van der Waals surface area contributed by atoms with Crippen molar-refractivity contribution in [2.45, 2.75) is 26.4 Å². The summed E-state index contributed by atoms with van der Waals surface area (Å²) in [4.78, 5) is 0. The number of nitrogens with zero attached hydrogens (tertiary/aromatic N) is 2. The van der Waals surface area contributed by atoms with Gasteiger partial charge in [-0.25, -0.2) is 0 Å². The summed E-state index contributed by atoms with van der Waals surface area (Å²) in [6, 6.07) is 8.45. The Hall–Kier alpha value is -1.20. The molecule has 0 radical (unpaired) electrons. The lowest BCUT2D eigenvalue weighted by Gasteiger charge is -2.12. The van der Waals surface area contributed by atoms with Crippen LogP contribution in [0.15, 0.2) is 33.2 Å². The Labute approximate surface area is 109 Å². The highest BCUT2D eigenvalue weighted by Crippen LogP contribution is 2.18. The van der Waals surface area contributed by atoms with Gasteiger partial charge in [0.05, 0.1) is 6.54 Å². The Bertz CT molecular complexity index is 498. The number of halogens is 1. The van der Waals surface area contributed by atoms with E-state index in [1.807, 2.05) is 12.1 Å². The fourth-order valence-electron chi connectivity index (χ4n) is 1.54. The summed E-state index contributed by atoms with van der Waals surface area (Å²) in [5.74, 6) is 1.21. The van der Waals surface area contributed by atoms with Gasteiger partial charge in [-0.05, 0) is 24.6 Å². The minimum atomic E-state index is 0.236. The van der Waals surface area contributed by atoms with Crippen molar-refractivity contribution in [2.75, 3.05) is 0 Å². The molecule has 1 aromatic carbocycles. The molecule has 4 nitrogen and oxygen atoms in total. The molecule has 90 valence electrons. The summed E-state index contributed by atoms with van der Waals surface area (Å²) in [6.45, 7) is 4.47. The van der Waals surface area contributed by atoms with Gasteiger partial charge < -0.3 is 9.73 Å². The van der Waals surface area contributed by atoms with E-state index >= 15 is 0 Å². The molecule has 1 heterocycles. The monoisotopic (exact) mass is 295 g/mol. The molecule has 0 aliphatic rings. The van der Waals surface area contributed by atoms with Crippen molar-refractivity contribution < 1.29 is 4.42 Å². The summed E-state index contributed by atoms with van der Waals surface area (Å²) < 4.78 is 6.38. The minimum absolute atomic E-state index is 0.236. The summed E-state index contributed by atoms with van der Waals surface area (Å²) in [7, 11) is 0. The van der Waals surface area contributed by atoms with Crippen molar-refractivity contribution in [2.24, 2.45) is 0 Å². The number of aromatic nitrogens is 2. The van der Waals surface area contributed by atoms with Crippen molar-refractivity contribution >= 4 is 15.9 Å². The second-order valence-corrected chi connectivity index (χ2v) is 4.79. The van der Waals surface area contributed by atoms with Gasteiger partial charge in [0, 0.05) is 17.4 Å². The van der Waals surface area contributed by atoms with Crippen LogP contribution in [0.2, 0.25) is 0 Å². The van der Waals surface area contributed by atoms with Crippen molar-refractivity contribution in [3.63, 3.8) is 0 Å². The van der Waals surface area contributed by atoms with Crippen LogP contribution >= 0.6 is 15.9 Å². The Morgan fingerprint density at radius 1 is 1.41 bits per heavy atom. The number of hydrogen-bond acceptors (Lipinski definition) is 4. The smallest absolute Gasteiger partial charge is 0.230 e. The van der Waals surface area contributed by atoms with Gasteiger partial charge in [0.15, 0.2) is 0 Å². The third-order valence-corrected chi connectivity index (χ3v) is 2.97. The standard InChI is InChI=1S/C12H14BrN3O/c1-8(10-4-3-5-11(13)6-10)14-7-12-16-15-9(2)17-12/h3-6,8,14H,7H2,1-2H3. The van der Waals surface area contributed by atoms with E-state index in [0.717, 1.165) is 4.47 Å². The Morgan fingerprint density at radius 2 is 2.24 bits per heavy atom. The predicted octanol–water partition coefficient (Wildman–Crippen LogP) is 2.99. The van der Waals surface area contributed by atoms with Crippen LogP contribution in [0.5, 0.6) is 0 Å². The average Bonchev–Trinajstić information content (AvgIpc) is 2.72. The summed E-state index contributed by atoms with van der Waals surface area (Å²) in [5, 5.41) is 11.1. The first kappa shape index (κ1) is 12.3.